The summed E-state index contributed by atoms with van der Waals surface area (Å²) in [4.78, 5) is 0. The normalized spacial score (nSPS) is 10.6. The van der Waals surface area contributed by atoms with Crippen molar-refractivity contribution in [2.45, 2.75) is 6.92 Å². The second-order valence-corrected chi connectivity index (χ2v) is 4.74. The van der Waals surface area contributed by atoms with E-state index in [9.17, 15) is 0 Å². The van der Waals surface area contributed by atoms with Crippen LogP contribution in [-0.4, -0.2) is 16.9 Å². The van der Waals surface area contributed by atoms with Gasteiger partial charge in [-0.3, -0.25) is 4.68 Å². The van der Waals surface area contributed by atoms with Crippen LogP contribution in [0, 0.1) is 6.92 Å². The molecule has 0 saturated carbocycles. The Kier molecular flexibility index (Phi) is 3.11. The first-order valence-corrected chi connectivity index (χ1v) is 5.97. The third kappa shape index (κ3) is 2.02. The molecule has 4 nitrogen and oxygen atoms in total. The Hall–Kier alpha value is -1.49. The SMILES string of the molecule is COc1ccc(Br)cc1-c1c(C)c(N)nn1C. The van der Waals surface area contributed by atoms with Gasteiger partial charge in [-0.05, 0) is 25.1 Å². The van der Waals surface area contributed by atoms with Crippen molar-refractivity contribution in [3.05, 3.63) is 28.2 Å². The van der Waals surface area contributed by atoms with Crippen molar-refractivity contribution in [2.24, 2.45) is 7.05 Å². The lowest BCUT2D eigenvalue weighted by atomic mass is 10.1. The Morgan fingerprint density at radius 3 is 2.65 bits per heavy atom. The lowest BCUT2D eigenvalue weighted by molar-refractivity contribution is 0.416. The number of rotatable bonds is 2. The van der Waals surface area contributed by atoms with Crippen molar-refractivity contribution in [3.63, 3.8) is 0 Å². The minimum absolute atomic E-state index is 0.546. The molecule has 2 aromatic rings. The number of hydrogen-bond acceptors (Lipinski definition) is 3. The van der Waals surface area contributed by atoms with E-state index in [1.54, 1.807) is 11.8 Å². The van der Waals surface area contributed by atoms with Gasteiger partial charge in [-0.1, -0.05) is 15.9 Å². The van der Waals surface area contributed by atoms with E-state index in [1.807, 2.05) is 32.2 Å². The van der Waals surface area contributed by atoms with Crippen LogP contribution >= 0.6 is 15.9 Å². The number of nitrogens with zero attached hydrogens (tertiary/aromatic N) is 2. The summed E-state index contributed by atoms with van der Waals surface area (Å²) >= 11 is 3.46. The van der Waals surface area contributed by atoms with Crippen molar-refractivity contribution in [2.75, 3.05) is 12.8 Å². The van der Waals surface area contributed by atoms with Gasteiger partial charge in [-0.25, -0.2) is 0 Å². The molecule has 1 aromatic heterocycles. The zero-order valence-corrected chi connectivity index (χ0v) is 11.6. The van der Waals surface area contributed by atoms with Gasteiger partial charge >= 0.3 is 0 Å². The number of nitrogen functional groups attached to an aromatic ring is 1. The van der Waals surface area contributed by atoms with Crippen LogP contribution < -0.4 is 10.5 Å². The lowest BCUT2D eigenvalue weighted by Crippen LogP contribution is -1.97. The number of nitrogens with two attached hydrogens (primary N) is 1. The van der Waals surface area contributed by atoms with Crippen LogP contribution in [0.4, 0.5) is 5.82 Å². The number of ether oxygens (including phenoxy) is 1. The molecule has 0 saturated heterocycles. The summed E-state index contributed by atoms with van der Waals surface area (Å²) in [7, 11) is 3.53. The quantitative estimate of drug-likeness (QED) is 0.927. The highest BCUT2D eigenvalue weighted by atomic mass is 79.9. The molecular formula is C12H14BrN3O. The standard InChI is InChI=1S/C12H14BrN3O/c1-7-11(16(2)15-12(7)14)9-6-8(13)4-5-10(9)17-3/h4-6H,1-3H3,(H2,14,15). The third-order valence-electron chi connectivity index (χ3n) is 2.74. The summed E-state index contributed by atoms with van der Waals surface area (Å²) in [6.45, 7) is 1.96. The Labute approximate surface area is 109 Å². The molecule has 1 aromatic carbocycles. The van der Waals surface area contributed by atoms with Crippen LogP contribution in [0.2, 0.25) is 0 Å². The summed E-state index contributed by atoms with van der Waals surface area (Å²) in [5, 5.41) is 4.22. The topological polar surface area (TPSA) is 53.1 Å². The minimum atomic E-state index is 0.546. The van der Waals surface area contributed by atoms with Gasteiger partial charge in [0.2, 0.25) is 0 Å². The highest BCUT2D eigenvalue weighted by Crippen LogP contribution is 2.35. The van der Waals surface area contributed by atoms with Crippen LogP contribution in [0.5, 0.6) is 5.75 Å². The molecular weight excluding hydrogens is 282 g/mol. The summed E-state index contributed by atoms with van der Waals surface area (Å²) in [5.74, 6) is 1.35. The van der Waals surface area contributed by atoms with Gasteiger partial charge in [-0.15, -0.1) is 0 Å². The van der Waals surface area contributed by atoms with Gasteiger partial charge in [0, 0.05) is 22.6 Å². The Morgan fingerprint density at radius 1 is 1.41 bits per heavy atom. The van der Waals surface area contributed by atoms with Crippen LogP contribution in [0.1, 0.15) is 5.56 Å². The maximum absolute atomic E-state index is 5.82. The van der Waals surface area contributed by atoms with E-state index in [0.29, 0.717) is 5.82 Å². The molecule has 0 fully saturated rings. The molecule has 17 heavy (non-hydrogen) atoms. The minimum Gasteiger partial charge on any atom is -0.496 e. The molecule has 0 spiro atoms. The van der Waals surface area contributed by atoms with Crippen LogP contribution in [0.15, 0.2) is 22.7 Å². The predicted molar refractivity (Wildman–Crippen MR) is 72.0 cm³/mol. The summed E-state index contributed by atoms with van der Waals surface area (Å²) < 4.78 is 8.14. The summed E-state index contributed by atoms with van der Waals surface area (Å²) in [6, 6.07) is 5.86. The molecule has 5 heteroatoms. The molecule has 0 atom stereocenters. The maximum Gasteiger partial charge on any atom is 0.149 e. The zero-order valence-electron chi connectivity index (χ0n) is 9.99. The van der Waals surface area contributed by atoms with E-state index in [2.05, 4.69) is 21.0 Å². The van der Waals surface area contributed by atoms with Gasteiger partial charge in [0.25, 0.3) is 0 Å². The zero-order chi connectivity index (χ0) is 12.6. The van der Waals surface area contributed by atoms with E-state index in [4.69, 9.17) is 10.5 Å². The number of halogens is 1. The monoisotopic (exact) mass is 295 g/mol. The Balaban J connectivity index is 2.71. The first-order chi connectivity index (χ1) is 8.04. The molecule has 0 unspecified atom stereocenters. The second kappa shape index (κ2) is 4.41. The second-order valence-electron chi connectivity index (χ2n) is 3.83. The van der Waals surface area contributed by atoms with Gasteiger partial charge in [0.05, 0.1) is 12.8 Å². The van der Waals surface area contributed by atoms with Crippen molar-refractivity contribution in [1.82, 2.24) is 9.78 Å². The van der Waals surface area contributed by atoms with E-state index in [0.717, 1.165) is 27.0 Å². The first-order valence-electron chi connectivity index (χ1n) is 5.17. The van der Waals surface area contributed by atoms with Crippen LogP contribution in [-0.2, 0) is 7.05 Å². The number of aromatic nitrogens is 2. The van der Waals surface area contributed by atoms with Gasteiger partial charge in [0.15, 0.2) is 0 Å². The molecule has 0 amide bonds. The summed E-state index contributed by atoms with van der Waals surface area (Å²) in [6.07, 6.45) is 0. The van der Waals surface area contributed by atoms with Gasteiger partial charge < -0.3 is 10.5 Å². The number of aryl methyl sites for hydroxylation is 1. The molecule has 0 bridgehead atoms. The largest absolute Gasteiger partial charge is 0.496 e. The number of anilines is 1. The Morgan fingerprint density at radius 2 is 2.12 bits per heavy atom. The average Bonchev–Trinajstić information content (AvgIpc) is 2.53. The molecule has 0 aliphatic rings. The van der Waals surface area contributed by atoms with Crippen molar-refractivity contribution in [3.8, 4) is 17.0 Å². The van der Waals surface area contributed by atoms with E-state index in [-0.39, 0.29) is 0 Å². The first kappa shape index (κ1) is 12.0. The van der Waals surface area contributed by atoms with Gasteiger partial charge in [-0.2, -0.15) is 5.10 Å². The lowest BCUT2D eigenvalue weighted by Gasteiger charge is -2.10. The van der Waals surface area contributed by atoms with E-state index >= 15 is 0 Å². The molecule has 90 valence electrons. The maximum atomic E-state index is 5.82. The molecule has 1 heterocycles. The molecule has 2 N–H and O–H groups in total. The Bertz CT molecular complexity index is 563. The smallest absolute Gasteiger partial charge is 0.149 e. The number of benzene rings is 1. The van der Waals surface area contributed by atoms with E-state index in [1.165, 1.54) is 0 Å². The molecule has 0 radical (unpaired) electrons. The van der Waals surface area contributed by atoms with Crippen molar-refractivity contribution >= 4 is 21.7 Å². The fourth-order valence-corrected chi connectivity index (χ4v) is 2.25. The third-order valence-corrected chi connectivity index (χ3v) is 3.23. The molecule has 2 rings (SSSR count). The fourth-order valence-electron chi connectivity index (χ4n) is 1.89. The number of hydrogen-bond donors (Lipinski definition) is 1. The van der Waals surface area contributed by atoms with Crippen molar-refractivity contribution in [1.29, 1.82) is 0 Å². The highest BCUT2D eigenvalue weighted by Gasteiger charge is 2.16. The molecule has 0 aliphatic heterocycles. The summed E-state index contributed by atoms with van der Waals surface area (Å²) in [5.41, 5.74) is 8.74. The van der Waals surface area contributed by atoms with Crippen LogP contribution in [0.25, 0.3) is 11.3 Å². The average molecular weight is 296 g/mol. The van der Waals surface area contributed by atoms with Crippen molar-refractivity contribution < 1.29 is 4.74 Å². The van der Waals surface area contributed by atoms with Gasteiger partial charge in [0.1, 0.15) is 11.6 Å². The predicted octanol–water partition coefficient (Wildman–Crippen LogP) is 2.75. The van der Waals surface area contributed by atoms with E-state index < -0.39 is 0 Å². The van der Waals surface area contributed by atoms with Crippen LogP contribution in [0.3, 0.4) is 0 Å². The highest BCUT2D eigenvalue weighted by molar-refractivity contribution is 9.10. The number of methoxy groups -OCH3 is 1. The fraction of sp³-hybridized carbons (Fsp3) is 0.250. The molecule has 0 aliphatic carbocycles.